The maximum absolute atomic E-state index is 6.52. The zero-order valence-corrected chi connectivity index (χ0v) is 20.5. The Labute approximate surface area is 217 Å². The number of fused-ring (bicyclic) bond motifs is 9. The summed E-state index contributed by atoms with van der Waals surface area (Å²) in [5.74, 6) is 2.31. The zero-order chi connectivity index (χ0) is 25.2. The summed E-state index contributed by atoms with van der Waals surface area (Å²) in [6.07, 6.45) is 5.63. The van der Waals surface area contributed by atoms with E-state index < -0.39 is 0 Å². The van der Waals surface area contributed by atoms with Gasteiger partial charge in [0.2, 0.25) is 0 Å². The SMILES string of the molecule is Cc1nc2c3ccccc3n3ccnc3c2cc1Oc1ccc2c3ccccc3n(-c3ccccn3)c2c1. The predicted octanol–water partition coefficient (Wildman–Crippen LogP) is 7.63. The summed E-state index contributed by atoms with van der Waals surface area (Å²) >= 11 is 0. The van der Waals surface area contributed by atoms with Gasteiger partial charge in [0, 0.05) is 46.2 Å². The van der Waals surface area contributed by atoms with Gasteiger partial charge in [0.15, 0.2) is 0 Å². The smallest absolute Gasteiger partial charge is 0.149 e. The summed E-state index contributed by atoms with van der Waals surface area (Å²) in [4.78, 5) is 14.3. The molecule has 0 bridgehead atoms. The van der Waals surface area contributed by atoms with Crippen LogP contribution in [-0.4, -0.2) is 23.9 Å². The van der Waals surface area contributed by atoms with Gasteiger partial charge in [-0.25, -0.2) is 15.0 Å². The van der Waals surface area contributed by atoms with Gasteiger partial charge in [0.05, 0.1) is 27.8 Å². The molecule has 0 saturated carbocycles. The van der Waals surface area contributed by atoms with Crippen molar-refractivity contribution in [3.8, 4) is 17.3 Å². The van der Waals surface area contributed by atoms with Gasteiger partial charge in [-0.05, 0) is 49.4 Å². The number of aromatic nitrogens is 5. The first kappa shape index (κ1) is 20.9. The summed E-state index contributed by atoms with van der Waals surface area (Å²) in [5.41, 5.74) is 5.84. The van der Waals surface area contributed by atoms with E-state index in [9.17, 15) is 0 Å². The van der Waals surface area contributed by atoms with Gasteiger partial charge >= 0.3 is 0 Å². The number of hydrogen-bond donors (Lipinski definition) is 0. The minimum absolute atomic E-state index is 0.706. The van der Waals surface area contributed by atoms with Gasteiger partial charge in [-0.2, -0.15) is 0 Å². The van der Waals surface area contributed by atoms with Crippen LogP contribution in [0, 0.1) is 6.92 Å². The second-order valence-electron chi connectivity index (χ2n) is 9.43. The second-order valence-corrected chi connectivity index (χ2v) is 9.43. The average molecular weight is 492 g/mol. The fourth-order valence-corrected chi connectivity index (χ4v) is 5.52. The lowest BCUT2D eigenvalue weighted by atomic mass is 10.1. The van der Waals surface area contributed by atoms with Crippen LogP contribution in [0.4, 0.5) is 0 Å². The van der Waals surface area contributed by atoms with Crippen LogP contribution in [0.25, 0.3) is 55.1 Å². The molecule has 0 fully saturated rings. The van der Waals surface area contributed by atoms with Crippen LogP contribution in [0.1, 0.15) is 5.69 Å². The molecule has 38 heavy (non-hydrogen) atoms. The zero-order valence-electron chi connectivity index (χ0n) is 20.5. The summed E-state index contributed by atoms with van der Waals surface area (Å²) < 4.78 is 10.8. The van der Waals surface area contributed by atoms with Crippen LogP contribution in [-0.2, 0) is 0 Å². The van der Waals surface area contributed by atoms with Crippen molar-refractivity contribution in [3.05, 3.63) is 115 Å². The minimum atomic E-state index is 0.706. The first-order chi connectivity index (χ1) is 18.8. The van der Waals surface area contributed by atoms with Crippen LogP contribution in [0.15, 0.2) is 110 Å². The Morgan fingerprint density at radius 2 is 1.45 bits per heavy atom. The Morgan fingerprint density at radius 3 is 2.32 bits per heavy atom. The van der Waals surface area contributed by atoms with E-state index in [1.165, 1.54) is 5.39 Å². The summed E-state index contributed by atoms with van der Waals surface area (Å²) in [7, 11) is 0. The molecule has 5 heterocycles. The Morgan fingerprint density at radius 1 is 0.658 bits per heavy atom. The van der Waals surface area contributed by atoms with Crippen molar-refractivity contribution in [2.75, 3.05) is 0 Å². The quantitative estimate of drug-likeness (QED) is 0.238. The standard InChI is InChI=1S/C32H21N5O/c1-20-29(19-25-31(35-20)24-9-3-4-10-26(24)36-17-16-34-32(25)36)38-21-13-14-23-22-8-2-5-11-27(22)37(28(23)18-21)30-12-6-7-15-33-30/h2-19H,1H3. The monoisotopic (exact) mass is 491 g/mol. The number of nitrogens with zero attached hydrogens (tertiary/aromatic N) is 5. The highest BCUT2D eigenvalue weighted by atomic mass is 16.5. The van der Waals surface area contributed by atoms with Crippen molar-refractivity contribution in [1.82, 2.24) is 23.9 Å². The van der Waals surface area contributed by atoms with Crippen molar-refractivity contribution in [3.63, 3.8) is 0 Å². The summed E-state index contributed by atoms with van der Waals surface area (Å²) in [5, 5.41) is 4.37. The van der Waals surface area contributed by atoms with Crippen molar-refractivity contribution >= 4 is 49.3 Å². The molecule has 0 unspecified atom stereocenters. The number of benzene rings is 3. The molecule has 8 aromatic rings. The number of ether oxygens (including phenoxy) is 1. The lowest BCUT2D eigenvalue weighted by Gasteiger charge is -2.13. The van der Waals surface area contributed by atoms with E-state index in [1.54, 1.807) is 0 Å². The van der Waals surface area contributed by atoms with E-state index >= 15 is 0 Å². The number of hydrogen-bond acceptors (Lipinski definition) is 4. The number of para-hydroxylation sites is 2. The van der Waals surface area contributed by atoms with Gasteiger partial charge in [0.1, 0.15) is 23.0 Å². The summed E-state index contributed by atoms with van der Waals surface area (Å²) in [6, 6.07) is 30.9. The Kier molecular flexibility index (Phi) is 4.34. The highest BCUT2D eigenvalue weighted by Gasteiger charge is 2.16. The number of aryl methyl sites for hydroxylation is 1. The molecular formula is C32H21N5O. The third-order valence-electron chi connectivity index (χ3n) is 7.22. The Balaban J connectivity index is 1.33. The molecule has 5 aromatic heterocycles. The number of pyridine rings is 3. The Hall–Kier alpha value is -5.23. The van der Waals surface area contributed by atoms with Crippen LogP contribution in [0.2, 0.25) is 0 Å². The predicted molar refractivity (Wildman–Crippen MR) is 151 cm³/mol. The fourth-order valence-electron chi connectivity index (χ4n) is 5.52. The van der Waals surface area contributed by atoms with Gasteiger partial charge in [0.25, 0.3) is 0 Å². The van der Waals surface area contributed by atoms with Crippen molar-refractivity contribution in [2.45, 2.75) is 6.92 Å². The molecule has 0 aliphatic heterocycles. The van der Waals surface area contributed by atoms with Crippen molar-refractivity contribution < 1.29 is 4.74 Å². The third-order valence-corrected chi connectivity index (χ3v) is 7.22. The number of imidazole rings is 1. The second kappa shape index (κ2) is 7.88. The largest absolute Gasteiger partial charge is 0.455 e. The van der Waals surface area contributed by atoms with E-state index in [1.807, 2.05) is 61.9 Å². The van der Waals surface area contributed by atoms with Crippen LogP contribution in [0.3, 0.4) is 0 Å². The van der Waals surface area contributed by atoms with Crippen molar-refractivity contribution in [1.29, 1.82) is 0 Å². The molecule has 0 N–H and O–H groups in total. The highest BCUT2D eigenvalue weighted by molar-refractivity contribution is 6.10. The van der Waals surface area contributed by atoms with E-state index in [4.69, 9.17) is 9.72 Å². The molecule has 3 aromatic carbocycles. The highest BCUT2D eigenvalue weighted by Crippen LogP contribution is 2.37. The first-order valence-corrected chi connectivity index (χ1v) is 12.5. The normalized spacial score (nSPS) is 11.8. The molecule has 6 nitrogen and oxygen atoms in total. The lowest BCUT2D eigenvalue weighted by Crippen LogP contribution is -1.97. The lowest BCUT2D eigenvalue weighted by molar-refractivity contribution is 0.477. The van der Waals surface area contributed by atoms with Gasteiger partial charge in [-0.1, -0.05) is 42.5 Å². The molecule has 8 rings (SSSR count). The molecule has 0 saturated heterocycles. The molecule has 6 heteroatoms. The first-order valence-electron chi connectivity index (χ1n) is 12.5. The summed E-state index contributed by atoms with van der Waals surface area (Å²) in [6.45, 7) is 1.99. The third kappa shape index (κ3) is 2.97. The van der Waals surface area contributed by atoms with E-state index in [0.717, 1.165) is 61.1 Å². The Bertz CT molecular complexity index is 2180. The minimum Gasteiger partial charge on any atom is -0.455 e. The molecule has 0 atom stereocenters. The fraction of sp³-hybridized carbons (Fsp3) is 0.0312. The van der Waals surface area contributed by atoms with Crippen LogP contribution < -0.4 is 4.74 Å². The molecule has 0 spiro atoms. The maximum Gasteiger partial charge on any atom is 0.149 e. The molecule has 180 valence electrons. The van der Waals surface area contributed by atoms with Gasteiger partial charge < -0.3 is 4.74 Å². The topological polar surface area (TPSA) is 57.2 Å². The van der Waals surface area contributed by atoms with Crippen LogP contribution >= 0.6 is 0 Å². The number of rotatable bonds is 3. The van der Waals surface area contributed by atoms with Gasteiger partial charge in [-0.3, -0.25) is 8.97 Å². The van der Waals surface area contributed by atoms with Gasteiger partial charge in [-0.15, -0.1) is 0 Å². The molecule has 0 aliphatic rings. The average Bonchev–Trinajstić information content (AvgIpc) is 3.58. The molecule has 0 radical (unpaired) electrons. The molecular weight excluding hydrogens is 470 g/mol. The maximum atomic E-state index is 6.52. The van der Waals surface area contributed by atoms with E-state index in [-0.39, 0.29) is 0 Å². The van der Waals surface area contributed by atoms with E-state index in [2.05, 4.69) is 73.5 Å². The van der Waals surface area contributed by atoms with Crippen LogP contribution in [0.5, 0.6) is 11.5 Å². The molecule has 0 aliphatic carbocycles. The van der Waals surface area contributed by atoms with Crippen molar-refractivity contribution in [2.24, 2.45) is 0 Å². The van der Waals surface area contributed by atoms with E-state index in [0.29, 0.717) is 5.75 Å². The molecule has 0 amide bonds.